The molecule has 1 aliphatic rings. The van der Waals surface area contributed by atoms with E-state index in [9.17, 15) is 35.1 Å². The maximum atomic E-state index is 13.0. The van der Waals surface area contributed by atoms with Gasteiger partial charge in [0.2, 0.25) is 5.91 Å². The Kier molecular flexibility index (Phi) is 61.3. The fraction of sp³-hybridized carbons (Fsp3) is 0.893. The van der Waals surface area contributed by atoms with E-state index in [2.05, 4.69) is 43.5 Å². The first-order valence-electron chi connectivity index (χ1n) is 37.3. The van der Waals surface area contributed by atoms with Gasteiger partial charge in [0.25, 0.3) is 0 Å². The molecule has 0 spiro atoms. The Morgan fingerprint density at radius 2 is 0.756 bits per heavy atom. The first-order valence-corrected chi connectivity index (χ1v) is 37.3. The second-order valence-corrected chi connectivity index (χ2v) is 26.0. The summed E-state index contributed by atoms with van der Waals surface area (Å²) in [6, 6.07) is -0.823. The summed E-state index contributed by atoms with van der Waals surface area (Å²) < 4.78 is 16.7. The van der Waals surface area contributed by atoms with Gasteiger partial charge in [0.05, 0.1) is 32.0 Å². The number of allylic oxidation sites excluding steroid dienone is 5. The summed E-state index contributed by atoms with van der Waals surface area (Å²) in [5.74, 6) is -0.173. The van der Waals surface area contributed by atoms with Crippen LogP contribution in [0.3, 0.4) is 0 Å². The molecule has 1 amide bonds. The average Bonchev–Trinajstić information content (AvgIpc) is 2.71. The van der Waals surface area contributed by atoms with Crippen molar-refractivity contribution in [3.05, 3.63) is 36.5 Å². The molecule has 0 aromatic carbocycles. The third kappa shape index (κ3) is 52.6. The Hall–Kier alpha value is -2.12. The standard InChI is InChI=1S/C75H141NO10/c1-3-5-7-9-11-13-14-43-47-51-55-59-63-71(80)84-64-60-56-52-48-44-41-39-37-35-33-31-29-27-25-23-21-19-17-15-16-18-20-22-24-26-28-30-32-34-36-38-40-42-46-50-54-58-62-70(79)76-67(68(78)61-57-53-49-45-12-10-8-6-4-2)66-85-75-74(83)73(82)72(81)69(65-77)86-75/h12,15,17,45,57,61,67-69,72-75,77-78,81-83H,3-11,13-14,16,18-44,46-56,58-60,62-66H2,1-2H3,(H,76,79)/b17-15-,45-12+,61-57+. The Balaban J connectivity index is 1.88. The maximum Gasteiger partial charge on any atom is 0.305 e. The van der Waals surface area contributed by atoms with Gasteiger partial charge in [-0.25, -0.2) is 0 Å². The summed E-state index contributed by atoms with van der Waals surface area (Å²) in [6.07, 6.45) is 73.3. The first kappa shape index (κ1) is 81.9. The van der Waals surface area contributed by atoms with E-state index in [0.29, 0.717) is 19.4 Å². The number of carbonyl (C=O) groups excluding carboxylic acids is 2. The number of nitrogens with one attached hydrogen (secondary N) is 1. The van der Waals surface area contributed by atoms with Crippen LogP contribution in [-0.4, -0.2) is 100 Å². The Morgan fingerprint density at radius 1 is 0.419 bits per heavy atom. The number of unbranched alkanes of at least 4 members (excludes halogenated alkanes) is 48. The summed E-state index contributed by atoms with van der Waals surface area (Å²) in [5.41, 5.74) is 0. The Labute approximate surface area is 530 Å². The van der Waals surface area contributed by atoms with Crippen LogP contribution in [0.15, 0.2) is 36.5 Å². The van der Waals surface area contributed by atoms with E-state index < -0.39 is 49.5 Å². The van der Waals surface area contributed by atoms with E-state index in [0.717, 1.165) is 51.4 Å². The lowest BCUT2D eigenvalue weighted by atomic mass is 9.99. The second-order valence-electron chi connectivity index (χ2n) is 26.0. The third-order valence-corrected chi connectivity index (χ3v) is 17.7. The predicted molar refractivity (Wildman–Crippen MR) is 361 cm³/mol. The van der Waals surface area contributed by atoms with Crippen molar-refractivity contribution >= 4 is 11.9 Å². The number of aliphatic hydroxyl groups is 5. The van der Waals surface area contributed by atoms with Crippen LogP contribution in [0.5, 0.6) is 0 Å². The topological polar surface area (TPSA) is 175 Å². The van der Waals surface area contributed by atoms with Crippen molar-refractivity contribution in [2.45, 2.75) is 410 Å². The highest BCUT2D eigenvalue weighted by molar-refractivity contribution is 5.76. The number of amides is 1. The van der Waals surface area contributed by atoms with Crippen LogP contribution in [0.4, 0.5) is 0 Å². The highest BCUT2D eigenvalue weighted by atomic mass is 16.7. The van der Waals surface area contributed by atoms with Crippen molar-refractivity contribution in [1.29, 1.82) is 0 Å². The van der Waals surface area contributed by atoms with Gasteiger partial charge in [-0.1, -0.05) is 320 Å². The second kappa shape index (κ2) is 64.4. The van der Waals surface area contributed by atoms with Crippen molar-refractivity contribution in [1.82, 2.24) is 5.32 Å². The van der Waals surface area contributed by atoms with Crippen molar-refractivity contribution in [2.75, 3.05) is 19.8 Å². The van der Waals surface area contributed by atoms with Gasteiger partial charge < -0.3 is 45.1 Å². The van der Waals surface area contributed by atoms with Crippen molar-refractivity contribution in [2.24, 2.45) is 0 Å². The molecule has 6 N–H and O–H groups in total. The van der Waals surface area contributed by atoms with Crippen LogP contribution in [-0.2, 0) is 23.8 Å². The number of rotatable bonds is 66. The Morgan fingerprint density at radius 3 is 1.17 bits per heavy atom. The number of ether oxygens (including phenoxy) is 3. The highest BCUT2D eigenvalue weighted by Crippen LogP contribution is 2.23. The fourth-order valence-electron chi connectivity index (χ4n) is 11.9. The number of hydrogen-bond acceptors (Lipinski definition) is 10. The molecule has 7 atom stereocenters. The van der Waals surface area contributed by atoms with E-state index in [1.165, 1.54) is 289 Å². The number of carbonyl (C=O) groups is 2. The number of esters is 1. The van der Waals surface area contributed by atoms with E-state index in [1.807, 2.05) is 6.08 Å². The van der Waals surface area contributed by atoms with Crippen LogP contribution in [0, 0.1) is 0 Å². The summed E-state index contributed by atoms with van der Waals surface area (Å²) in [7, 11) is 0. The molecule has 1 saturated heterocycles. The van der Waals surface area contributed by atoms with Gasteiger partial charge in [-0.3, -0.25) is 9.59 Å². The largest absolute Gasteiger partial charge is 0.466 e. The molecule has 0 bridgehead atoms. The van der Waals surface area contributed by atoms with Gasteiger partial charge in [0, 0.05) is 12.8 Å². The van der Waals surface area contributed by atoms with Gasteiger partial charge in [-0.2, -0.15) is 0 Å². The molecule has 1 heterocycles. The van der Waals surface area contributed by atoms with Crippen LogP contribution in [0.2, 0.25) is 0 Å². The monoisotopic (exact) mass is 1220 g/mol. The van der Waals surface area contributed by atoms with Crippen molar-refractivity contribution < 1.29 is 49.3 Å². The molecule has 506 valence electrons. The summed E-state index contributed by atoms with van der Waals surface area (Å²) in [4.78, 5) is 25.1. The maximum absolute atomic E-state index is 13.0. The molecule has 7 unspecified atom stereocenters. The SMILES string of the molecule is CCCCC/C=C/CC/C=C/C(O)C(COC1OC(CO)C(O)C(O)C1O)NC(=O)CCCCCCCCCCCCCCCCCCC/C=C\CCCCCCCCCCCCCCCCCCOC(=O)CCCCCCCCCCCCCC. The molecule has 1 aliphatic heterocycles. The zero-order valence-corrected chi connectivity index (χ0v) is 56.3. The summed E-state index contributed by atoms with van der Waals surface area (Å²) in [6.45, 7) is 4.31. The highest BCUT2D eigenvalue weighted by Gasteiger charge is 2.44. The minimum absolute atomic E-state index is 0.0161. The van der Waals surface area contributed by atoms with Crippen LogP contribution in [0.1, 0.15) is 367 Å². The van der Waals surface area contributed by atoms with Crippen LogP contribution >= 0.6 is 0 Å². The number of hydrogen-bond donors (Lipinski definition) is 6. The van der Waals surface area contributed by atoms with Crippen LogP contribution in [0.25, 0.3) is 0 Å². The number of aliphatic hydroxyl groups excluding tert-OH is 5. The molecular weight excluding hydrogens is 1070 g/mol. The molecule has 0 aliphatic carbocycles. The van der Waals surface area contributed by atoms with Gasteiger partial charge >= 0.3 is 5.97 Å². The normalized spacial score (nSPS) is 18.1. The Bertz CT molecular complexity index is 1520. The minimum atomic E-state index is -1.57. The van der Waals surface area contributed by atoms with Gasteiger partial charge in [0.15, 0.2) is 6.29 Å². The zero-order valence-electron chi connectivity index (χ0n) is 56.3. The summed E-state index contributed by atoms with van der Waals surface area (Å²) in [5, 5.41) is 54.3. The van der Waals surface area contributed by atoms with Crippen molar-refractivity contribution in [3.63, 3.8) is 0 Å². The third-order valence-electron chi connectivity index (χ3n) is 17.7. The summed E-state index contributed by atoms with van der Waals surface area (Å²) >= 11 is 0. The molecular formula is C75H141NO10. The molecule has 11 heteroatoms. The molecule has 1 fully saturated rings. The predicted octanol–water partition coefficient (Wildman–Crippen LogP) is 19.4. The lowest BCUT2D eigenvalue weighted by molar-refractivity contribution is -0.302. The molecule has 0 aromatic heterocycles. The fourth-order valence-corrected chi connectivity index (χ4v) is 11.9. The van der Waals surface area contributed by atoms with E-state index in [-0.39, 0.29) is 18.5 Å². The minimum Gasteiger partial charge on any atom is -0.466 e. The zero-order chi connectivity index (χ0) is 62.3. The van der Waals surface area contributed by atoms with Crippen molar-refractivity contribution in [3.8, 4) is 0 Å². The van der Waals surface area contributed by atoms with E-state index in [4.69, 9.17) is 14.2 Å². The lowest BCUT2D eigenvalue weighted by Crippen LogP contribution is -2.60. The molecule has 1 rings (SSSR count). The smallest absolute Gasteiger partial charge is 0.305 e. The lowest BCUT2D eigenvalue weighted by Gasteiger charge is -2.40. The van der Waals surface area contributed by atoms with Gasteiger partial charge in [-0.05, 0) is 70.6 Å². The van der Waals surface area contributed by atoms with Gasteiger partial charge in [-0.15, -0.1) is 0 Å². The van der Waals surface area contributed by atoms with E-state index in [1.54, 1.807) is 6.08 Å². The van der Waals surface area contributed by atoms with Crippen LogP contribution < -0.4 is 5.32 Å². The molecule has 11 nitrogen and oxygen atoms in total. The molecule has 0 saturated carbocycles. The molecule has 0 radical (unpaired) electrons. The molecule has 0 aromatic rings. The van der Waals surface area contributed by atoms with E-state index >= 15 is 0 Å². The quantitative estimate of drug-likeness (QED) is 0.0195. The van der Waals surface area contributed by atoms with Gasteiger partial charge in [0.1, 0.15) is 24.4 Å². The molecule has 86 heavy (non-hydrogen) atoms. The average molecular weight is 1220 g/mol. The first-order chi connectivity index (χ1) is 42.2.